The molecule has 1 rings (SSSR count). The summed E-state index contributed by atoms with van der Waals surface area (Å²) < 4.78 is -1.28. The predicted molar refractivity (Wildman–Crippen MR) is 74.9 cm³/mol. The molecule has 16 heavy (non-hydrogen) atoms. The second-order valence-corrected chi connectivity index (χ2v) is 8.24. The molecule has 0 aliphatic carbocycles. The SMILES string of the molecule is Cc1cc(C)nc(SSC(Cl)(Cl)C(Cl)Cl)n1. The third-order valence-electron chi connectivity index (χ3n) is 1.44. The van der Waals surface area contributed by atoms with Crippen molar-refractivity contribution < 1.29 is 0 Å². The van der Waals surface area contributed by atoms with Crippen molar-refractivity contribution in [3.63, 3.8) is 0 Å². The Labute approximate surface area is 122 Å². The first-order valence-corrected chi connectivity index (χ1v) is 7.93. The second-order valence-electron chi connectivity index (χ2n) is 2.96. The van der Waals surface area contributed by atoms with E-state index in [-0.39, 0.29) is 0 Å². The van der Waals surface area contributed by atoms with Gasteiger partial charge in [0.25, 0.3) is 0 Å². The molecule has 0 spiro atoms. The Hall–Kier alpha value is 0.940. The molecule has 0 fully saturated rings. The lowest BCUT2D eigenvalue weighted by Gasteiger charge is -2.18. The highest BCUT2D eigenvalue weighted by molar-refractivity contribution is 8.77. The monoisotopic (exact) mass is 336 g/mol. The molecule has 0 aromatic carbocycles. The molecular formula is C8H8Cl4N2S2. The minimum Gasteiger partial charge on any atom is -0.227 e. The van der Waals surface area contributed by atoms with E-state index in [2.05, 4.69) is 9.97 Å². The maximum absolute atomic E-state index is 5.89. The first-order valence-electron chi connectivity index (χ1n) is 4.15. The second kappa shape index (κ2) is 6.21. The van der Waals surface area contributed by atoms with E-state index in [0.29, 0.717) is 5.16 Å². The molecule has 0 N–H and O–H groups in total. The molecule has 1 aromatic rings. The van der Waals surface area contributed by atoms with Crippen molar-refractivity contribution in [3.05, 3.63) is 17.5 Å². The van der Waals surface area contributed by atoms with Gasteiger partial charge in [-0.15, -0.1) is 23.2 Å². The Balaban J connectivity index is 2.68. The zero-order valence-corrected chi connectivity index (χ0v) is 13.0. The van der Waals surface area contributed by atoms with Crippen LogP contribution in [0.25, 0.3) is 0 Å². The summed E-state index contributed by atoms with van der Waals surface area (Å²) >= 11 is 23.0. The van der Waals surface area contributed by atoms with Crippen molar-refractivity contribution >= 4 is 68.0 Å². The topological polar surface area (TPSA) is 25.8 Å². The quantitative estimate of drug-likeness (QED) is 0.449. The van der Waals surface area contributed by atoms with Crippen LogP contribution in [0, 0.1) is 13.8 Å². The summed E-state index contributed by atoms with van der Waals surface area (Å²) in [7, 11) is 2.36. The fourth-order valence-electron chi connectivity index (χ4n) is 0.860. The summed E-state index contributed by atoms with van der Waals surface area (Å²) in [4.78, 5) is 7.56. The van der Waals surface area contributed by atoms with Crippen LogP contribution in [0.1, 0.15) is 11.4 Å². The first kappa shape index (κ1) is 15.0. The Morgan fingerprint density at radius 3 is 2.12 bits per heavy atom. The van der Waals surface area contributed by atoms with Gasteiger partial charge in [0.05, 0.1) is 0 Å². The van der Waals surface area contributed by atoms with Gasteiger partial charge in [0.1, 0.15) is 0 Å². The molecule has 0 aliphatic rings. The van der Waals surface area contributed by atoms with Gasteiger partial charge in [-0.05, 0) is 41.5 Å². The molecule has 1 heterocycles. The number of hydrogen-bond donors (Lipinski definition) is 0. The lowest BCUT2D eigenvalue weighted by atomic mass is 10.4. The highest BCUT2D eigenvalue weighted by Gasteiger charge is 2.34. The van der Waals surface area contributed by atoms with Crippen molar-refractivity contribution in [1.29, 1.82) is 0 Å². The van der Waals surface area contributed by atoms with Gasteiger partial charge in [0, 0.05) is 11.4 Å². The van der Waals surface area contributed by atoms with E-state index in [9.17, 15) is 0 Å². The summed E-state index contributed by atoms with van der Waals surface area (Å²) in [6, 6.07) is 1.88. The van der Waals surface area contributed by atoms with Gasteiger partial charge < -0.3 is 0 Å². The Morgan fingerprint density at radius 1 is 1.19 bits per heavy atom. The molecule has 0 saturated carbocycles. The maximum atomic E-state index is 5.89. The summed E-state index contributed by atoms with van der Waals surface area (Å²) in [5, 5.41) is 0.585. The number of aromatic nitrogens is 2. The van der Waals surface area contributed by atoms with Crippen LogP contribution in [0.4, 0.5) is 0 Å². The van der Waals surface area contributed by atoms with Crippen molar-refractivity contribution in [3.8, 4) is 0 Å². The summed E-state index contributed by atoms with van der Waals surface area (Å²) in [6.45, 7) is 3.79. The van der Waals surface area contributed by atoms with E-state index in [0.717, 1.165) is 22.2 Å². The van der Waals surface area contributed by atoms with Gasteiger partial charge in [0.2, 0.25) is 3.67 Å². The van der Waals surface area contributed by atoms with E-state index in [1.807, 2.05) is 19.9 Å². The molecule has 1 aromatic heterocycles. The van der Waals surface area contributed by atoms with Crippen LogP contribution in [-0.4, -0.2) is 18.5 Å². The van der Waals surface area contributed by atoms with Crippen LogP contribution in [-0.2, 0) is 0 Å². The number of aryl methyl sites for hydroxylation is 2. The molecule has 8 heteroatoms. The van der Waals surface area contributed by atoms with Gasteiger partial charge in [-0.3, -0.25) is 0 Å². The van der Waals surface area contributed by atoms with E-state index in [4.69, 9.17) is 46.4 Å². The molecule has 0 atom stereocenters. The molecule has 0 amide bonds. The molecule has 0 radical (unpaired) electrons. The minimum atomic E-state index is -1.28. The van der Waals surface area contributed by atoms with Crippen molar-refractivity contribution in [2.75, 3.05) is 0 Å². The van der Waals surface area contributed by atoms with E-state index in [1.165, 1.54) is 10.8 Å². The Bertz CT molecular complexity index is 353. The largest absolute Gasteiger partial charge is 0.227 e. The Morgan fingerprint density at radius 2 is 1.69 bits per heavy atom. The number of alkyl halides is 4. The number of rotatable bonds is 4. The van der Waals surface area contributed by atoms with Crippen LogP contribution >= 0.6 is 68.0 Å². The molecule has 2 nitrogen and oxygen atoms in total. The van der Waals surface area contributed by atoms with Crippen molar-refractivity contribution in [1.82, 2.24) is 9.97 Å². The van der Waals surface area contributed by atoms with Gasteiger partial charge in [0.15, 0.2) is 9.99 Å². The summed E-state index contributed by atoms with van der Waals surface area (Å²) in [5.74, 6) is 0. The number of halogens is 4. The van der Waals surface area contributed by atoms with Crippen LogP contribution in [0.3, 0.4) is 0 Å². The number of nitrogens with zero attached hydrogens (tertiary/aromatic N) is 2. The molecule has 0 saturated heterocycles. The van der Waals surface area contributed by atoms with Crippen LogP contribution in [0.15, 0.2) is 11.2 Å². The standard InChI is InChI=1S/C8H8Cl4N2S2/c1-4-3-5(2)14-7(13-4)15-16-8(11,12)6(9)10/h3,6H,1-2H3. The Kier molecular flexibility index (Phi) is 5.82. The fourth-order valence-corrected chi connectivity index (χ4v) is 3.70. The smallest absolute Gasteiger partial charge is 0.203 e. The normalized spacial score (nSPS) is 12.2. The van der Waals surface area contributed by atoms with Gasteiger partial charge in [-0.1, -0.05) is 23.2 Å². The number of hydrogen-bond acceptors (Lipinski definition) is 4. The third kappa shape index (κ3) is 4.67. The van der Waals surface area contributed by atoms with E-state index in [1.54, 1.807) is 0 Å². The summed E-state index contributed by atoms with van der Waals surface area (Å²) in [6.07, 6.45) is 0. The van der Waals surface area contributed by atoms with Crippen LogP contribution in [0.5, 0.6) is 0 Å². The lowest BCUT2D eigenvalue weighted by molar-refractivity contribution is 0.907. The molecule has 0 aliphatic heterocycles. The van der Waals surface area contributed by atoms with E-state index >= 15 is 0 Å². The van der Waals surface area contributed by atoms with Crippen LogP contribution in [0.2, 0.25) is 0 Å². The molecule has 0 unspecified atom stereocenters. The van der Waals surface area contributed by atoms with Crippen molar-refractivity contribution in [2.45, 2.75) is 27.5 Å². The minimum absolute atomic E-state index is 0.585. The summed E-state index contributed by atoms with van der Waals surface area (Å²) in [5.41, 5.74) is 1.78. The molecular weight excluding hydrogens is 330 g/mol. The van der Waals surface area contributed by atoms with Gasteiger partial charge in [-0.2, -0.15) is 0 Å². The average molecular weight is 338 g/mol. The van der Waals surface area contributed by atoms with Gasteiger partial charge in [-0.25, -0.2) is 9.97 Å². The molecule has 90 valence electrons. The molecule has 0 bridgehead atoms. The lowest BCUT2D eigenvalue weighted by Crippen LogP contribution is -2.15. The zero-order valence-electron chi connectivity index (χ0n) is 8.38. The van der Waals surface area contributed by atoms with Crippen molar-refractivity contribution in [2.24, 2.45) is 0 Å². The third-order valence-corrected chi connectivity index (χ3v) is 6.61. The van der Waals surface area contributed by atoms with Gasteiger partial charge >= 0.3 is 0 Å². The first-order chi connectivity index (χ1) is 7.31. The zero-order chi connectivity index (χ0) is 12.3. The highest BCUT2D eigenvalue weighted by Crippen LogP contribution is 2.50. The van der Waals surface area contributed by atoms with Crippen LogP contribution < -0.4 is 0 Å². The predicted octanol–water partition coefficient (Wildman–Crippen LogP) is 4.77. The maximum Gasteiger partial charge on any atom is 0.203 e. The average Bonchev–Trinajstić information content (AvgIpc) is 2.13. The van der Waals surface area contributed by atoms with E-state index < -0.39 is 8.50 Å². The highest BCUT2D eigenvalue weighted by atomic mass is 35.5. The fraction of sp³-hybridized carbons (Fsp3) is 0.500.